The number of hydrogen-bond acceptors (Lipinski definition) is 5. The van der Waals surface area contributed by atoms with E-state index in [0.29, 0.717) is 23.4 Å². The van der Waals surface area contributed by atoms with E-state index in [0.717, 1.165) is 23.1 Å². The van der Waals surface area contributed by atoms with Crippen molar-refractivity contribution in [3.05, 3.63) is 29.2 Å². The third kappa shape index (κ3) is 2.99. The van der Waals surface area contributed by atoms with Crippen LogP contribution >= 0.6 is 0 Å². The minimum absolute atomic E-state index is 0.240. The van der Waals surface area contributed by atoms with E-state index < -0.39 is 0 Å². The topological polar surface area (TPSA) is 85.2 Å². The van der Waals surface area contributed by atoms with Crippen molar-refractivity contribution < 1.29 is 9.63 Å². The molecule has 0 amide bonds. The van der Waals surface area contributed by atoms with Crippen molar-refractivity contribution in [2.75, 3.05) is 0 Å². The number of nitrogens with zero attached hydrogens (tertiary/aromatic N) is 2. The molecule has 108 valence electrons. The first-order valence-electron chi connectivity index (χ1n) is 6.78. The first-order chi connectivity index (χ1) is 9.38. The van der Waals surface area contributed by atoms with Crippen molar-refractivity contribution in [1.29, 1.82) is 0 Å². The lowest BCUT2D eigenvalue weighted by molar-refractivity contribution is 0.335. The van der Waals surface area contributed by atoms with Crippen molar-refractivity contribution >= 4 is 0 Å². The van der Waals surface area contributed by atoms with Crippen LogP contribution in [0.4, 0.5) is 0 Å². The highest BCUT2D eigenvalue weighted by atomic mass is 16.5. The summed E-state index contributed by atoms with van der Waals surface area (Å²) in [7, 11) is 0. The molecule has 20 heavy (non-hydrogen) atoms. The number of nitrogens with two attached hydrogens (primary N) is 1. The first-order valence-corrected chi connectivity index (χ1v) is 6.78. The van der Waals surface area contributed by atoms with Crippen LogP contribution in [0.25, 0.3) is 11.4 Å². The summed E-state index contributed by atoms with van der Waals surface area (Å²) in [5.41, 5.74) is 8.44. The molecule has 0 aliphatic rings. The van der Waals surface area contributed by atoms with Crippen LogP contribution in [-0.2, 0) is 0 Å². The summed E-state index contributed by atoms with van der Waals surface area (Å²) >= 11 is 0. The van der Waals surface area contributed by atoms with Crippen molar-refractivity contribution in [3.8, 4) is 17.1 Å². The molecule has 0 radical (unpaired) electrons. The van der Waals surface area contributed by atoms with Crippen LogP contribution in [-0.4, -0.2) is 15.2 Å². The molecule has 0 saturated carbocycles. The van der Waals surface area contributed by atoms with Crippen LogP contribution < -0.4 is 5.73 Å². The quantitative estimate of drug-likeness (QED) is 0.895. The van der Waals surface area contributed by atoms with E-state index in [9.17, 15) is 5.11 Å². The number of phenols is 1. The number of rotatable bonds is 4. The summed E-state index contributed by atoms with van der Waals surface area (Å²) in [5.74, 6) is 1.73. The van der Waals surface area contributed by atoms with Gasteiger partial charge in [-0.25, -0.2) is 0 Å². The van der Waals surface area contributed by atoms with Crippen LogP contribution in [0.1, 0.15) is 43.3 Å². The smallest absolute Gasteiger partial charge is 0.243 e. The second-order valence-electron chi connectivity index (χ2n) is 5.65. The Bertz CT molecular complexity index is 582. The SMILES string of the molecule is Cc1cc(-c2noc([C@@H](N)CC(C)C)n2)cc(C)c1O. The maximum atomic E-state index is 9.79. The van der Waals surface area contributed by atoms with Gasteiger partial charge in [0.2, 0.25) is 11.7 Å². The molecule has 0 bridgehead atoms. The van der Waals surface area contributed by atoms with Crippen LogP contribution in [0.2, 0.25) is 0 Å². The molecule has 0 unspecified atom stereocenters. The average molecular weight is 275 g/mol. The van der Waals surface area contributed by atoms with Gasteiger partial charge in [0, 0.05) is 5.56 Å². The maximum absolute atomic E-state index is 9.79. The minimum atomic E-state index is -0.240. The Morgan fingerprint density at radius 1 is 1.25 bits per heavy atom. The number of phenolic OH excluding ortho intramolecular Hbond substituents is 1. The average Bonchev–Trinajstić information content (AvgIpc) is 2.84. The van der Waals surface area contributed by atoms with Gasteiger partial charge in [0.05, 0.1) is 6.04 Å². The highest BCUT2D eigenvalue weighted by molar-refractivity contribution is 5.60. The molecular weight excluding hydrogens is 254 g/mol. The van der Waals surface area contributed by atoms with Gasteiger partial charge in [0.15, 0.2) is 0 Å². The number of aromatic nitrogens is 2. The summed E-state index contributed by atoms with van der Waals surface area (Å²) in [6.45, 7) is 7.89. The number of aryl methyl sites for hydroxylation is 2. The summed E-state index contributed by atoms with van der Waals surface area (Å²) in [5, 5.41) is 13.8. The zero-order chi connectivity index (χ0) is 14.9. The molecule has 1 atom stereocenters. The van der Waals surface area contributed by atoms with Gasteiger partial charge in [0.1, 0.15) is 5.75 Å². The van der Waals surface area contributed by atoms with E-state index in [1.165, 1.54) is 0 Å². The summed E-state index contributed by atoms with van der Waals surface area (Å²) < 4.78 is 5.24. The summed E-state index contributed by atoms with van der Waals surface area (Å²) in [4.78, 5) is 4.36. The zero-order valence-electron chi connectivity index (χ0n) is 12.3. The summed E-state index contributed by atoms with van der Waals surface area (Å²) in [6, 6.07) is 3.44. The predicted molar refractivity (Wildman–Crippen MR) is 77.3 cm³/mol. The predicted octanol–water partition coefficient (Wildman–Crippen LogP) is 3.10. The van der Waals surface area contributed by atoms with Crippen LogP contribution in [0.3, 0.4) is 0 Å². The van der Waals surface area contributed by atoms with E-state index in [2.05, 4.69) is 24.0 Å². The molecule has 1 aromatic heterocycles. The third-order valence-corrected chi connectivity index (χ3v) is 3.23. The Kier molecular flexibility index (Phi) is 4.09. The largest absolute Gasteiger partial charge is 0.507 e. The number of aromatic hydroxyl groups is 1. The molecule has 5 heteroatoms. The Balaban J connectivity index is 2.29. The number of benzene rings is 1. The lowest BCUT2D eigenvalue weighted by Crippen LogP contribution is -2.13. The van der Waals surface area contributed by atoms with Gasteiger partial charge >= 0.3 is 0 Å². The van der Waals surface area contributed by atoms with Crippen molar-refractivity contribution in [2.24, 2.45) is 11.7 Å². The monoisotopic (exact) mass is 275 g/mol. The maximum Gasteiger partial charge on any atom is 0.243 e. The lowest BCUT2D eigenvalue weighted by Gasteiger charge is -2.08. The van der Waals surface area contributed by atoms with Crippen LogP contribution in [0, 0.1) is 19.8 Å². The van der Waals surface area contributed by atoms with Crippen molar-refractivity contribution in [3.63, 3.8) is 0 Å². The molecular formula is C15H21N3O2. The molecule has 0 fully saturated rings. The zero-order valence-corrected chi connectivity index (χ0v) is 12.3. The number of hydrogen-bond donors (Lipinski definition) is 2. The molecule has 5 nitrogen and oxygen atoms in total. The molecule has 2 aromatic rings. The molecule has 0 aliphatic heterocycles. The van der Waals surface area contributed by atoms with Crippen molar-refractivity contribution in [1.82, 2.24) is 10.1 Å². The summed E-state index contributed by atoms with van der Waals surface area (Å²) in [6.07, 6.45) is 0.801. The van der Waals surface area contributed by atoms with Gasteiger partial charge in [-0.1, -0.05) is 19.0 Å². The van der Waals surface area contributed by atoms with Gasteiger partial charge in [-0.05, 0) is 49.4 Å². The Hall–Kier alpha value is -1.88. The molecule has 1 aromatic carbocycles. The second-order valence-corrected chi connectivity index (χ2v) is 5.65. The molecule has 1 heterocycles. The molecule has 3 N–H and O–H groups in total. The Labute approximate surface area is 118 Å². The molecule has 0 saturated heterocycles. The van der Waals surface area contributed by atoms with E-state index >= 15 is 0 Å². The van der Waals surface area contributed by atoms with E-state index in [4.69, 9.17) is 10.3 Å². The third-order valence-electron chi connectivity index (χ3n) is 3.23. The van der Waals surface area contributed by atoms with E-state index in [1.807, 2.05) is 26.0 Å². The molecule has 0 aliphatic carbocycles. The highest BCUT2D eigenvalue weighted by Crippen LogP contribution is 2.28. The van der Waals surface area contributed by atoms with Gasteiger partial charge in [-0.3, -0.25) is 0 Å². The first kappa shape index (κ1) is 14.5. The van der Waals surface area contributed by atoms with E-state index in [-0.39, 0.29) is 6.04 Å². The van der Waals surface area contributed by atoms with Crippen molar-refractivity contribution in [2.45, 2.75) is 40.2 Å². The normalized spacial score (nSPS) is 12.9. The van der Waals surface area contributed by atoms with Crippen LogP contribution in [0.5, 0.6) is 5.75 Å². The van der Waals surface area contributed by atoms with Gasteiger partial charge in [-0.2, -0.15) is 4.98 Å². The fraction of sp³-hybridized carbons (Fsp3) is 0.467. The second kappa shape index (κ2) is 5.63. The fourth-order valence-corrected chi connectivity index (χ4v) is 2.20. The standard InChI is InChI=1S/C15H21N3O2/c1-8(2)5-12(16)15-17-14(18-20-15)11-6-9(3)13(19)10(4)7-11/h6-8,12,19H,5,16H2,1-4H3/t12-/m0/s1. The lowest BCUT2D eigenvalue weighted by atomic mass is 10.0. The van der Waals surface area contributed by atoms with E-state index in [1.54, 1.807) is 0 Å². The molecule has 2 rings (SSSR count). The fourth-order valence-electron chi connectivity index (χ4n) is 2.20. The van der Waals surface area contributed by atoms with Gasteiger partial charge in [-0.15, -0.1) is 0 Å². The molecule has 0 spiro atoms. The minimum Gasteiger partial charge on any atom is -0.507 e. The Morgan fingerprint density at radius 2 is 1.85 bits per heavy atom. The van der Waals surface area contributed by atoms with Gasteiger partial charge < -0.3 is 15.4 Å². The van der Waals surface area contributed by atoms with Gasteiger partial charge in [0.25, 0.3) is 0 Å². The Morgan fingerprint density at radius 3 is 2.40 bits per heavy atom. The highest BCUT2D eigenvalue weighted by Gasteiger charge is 2.17. The van der Waals surface area contributed by atoms with Crippen LogP contribution in [0.15, 0.2) is 16.7 Å².